The van der Waals surface area contributed by atoms with Crippen LogP contribution >= 0.6 is 0 Å². The van der Waals surface area contributed by atoms with Crippen LogP contribution in [0.4, 0.5) is 0 Å². The Labute approximate surface area is 66.5 Å². The zero-order chi connectivity index (χ0) is 8.43. The van der Waals surface area contributed by atoms with Crippen molar-refractivity contribution >= 4 is 0 Å². The first-order valence-corrected chi connectivity index (χ1v) is 3.91. The maximum Gasteiger partial charge on any atom is 0.154 e. The Hall–Kier alpha value is -0.380. The van der Waals surface area contributed by atoms with Crippen LogP contribution in [0.25, 0.3) is 0 Å². The first kappa shape index (κ1) is 8.71. The average molecular weight is 157 g/mol. The van der Waals surface area contributed by atoms with Crippen LogP contribution in [0.1, 0.15) is 13.3 Å². The molecule has 3 heteroatoms. The van der Waals surface area contributed by atoms with Crippen molar-refractivity contribution in [3.8, 4) is 0 Å². The molecule has 11 heavy (non-hydrogen) atoms. The van der Waals surface area contributed by atoms with Gasteiger partial charge in [-0.15, -0.1) is 0 Å². The van der Waals surface area contributed by atoms with E-state index in [1.807, 2.05) is 19.1 Å². The monoisotopic (exact) mass is 157 g/mol. The van der Waals surface area contributed by atoms with Gasteiger partial charge in [0.15, 0.2) is 6.29 Å². The van der Waals surface area contributed by atoms with E-state index in [1.165, 1.54) is 0 Å². The molecule has 1 rings (SSSR count). The molecule has 0 saturated carbocycles. The number of nitrogens with two attached hydrogens (primary N) is 1. The van der Waals surface area contributed by atoms with E-state index in [1.54, 1.807) is 0 Å². The zero-order valence-electron chi connectivity index (χ0n) is 6.64. The molecule has 3 unspecified atom stereocenters. The van der Waals surface area contributed by atoms with Crippen LogP contribution < -0.4 is 5.73 Å². The van der Waals surface area contributed by atoms with Crippen molar-refractivity contribution in [1.29, 1.82) is 0 Å². The van der Waals surface area contributed by atoms with E-state index in [0.29, 0.717) is 6.42 Å². The highest BCUT2D eigenvalue weighted by Gasteiger charge is 2.28. The smallest absolute Gasteiger partial charge is 0.154 e. The molecule has 0 aromatic carbocycles. The molecule has 0 spiro atoms. The molecule has 0 aromatic rings. The zero-order valence-corrected chi connectivity index (χ0v) is 6.64. The molecule has 4 N–H and O–H groups in total. The van der Waals surface area contributed by atoms with Crippen LogP contribution in [0.2, 0.25) is 0 Å². The van der Waals surface area contributed by atoms with Crippen LogP contribution in [-0.4, -0.2) is 22.5 Å². The summed E-state index contributed by atoms with van der Waals surface area (Å²) < 4.78 is 0. The molecule has 1 aliphatic carbocycles. The molecule has 0 aromatic heterocycles. The fourth-order valence-corrected chi connectivity index (χ4v) is 1.46. The minimum Gasteiger partial charge on any atom is -0.368 e. The fourth-order valence-electron chi connectivity index (χ4n) is 1.46. The molecule has 1 aliphatic rings. The van der Waals surface area contributed by atoms with Crippen LogP contribution in [0.3, 0.4) is 0 Å². The summed E-state index contributed by atoms with van der Waals surface area (Å²) in [6, 6.07) is -0.0319. The molecule has 0 bridgehead atoms. The van der Waals surface area contributed by atoms with Gasteiger partial charge < -0.3 is 15.9 Å². The summed E-state index contributed by atoms with van der Waals surface area (Å²) in [4.78, 5) is 0. The number of rotatable bonds is 1. The summed E-state index contributed by atoms with van der Waals surface area (Å²) in [6.45, 7) is 1.94. The van der Waals surface area contributed by atoms with Gasteiger partial charge in [0, 0.05) is 12.0 Å². The number of aliphatic hydroxyl groups excluding tert-OH is 1. The lowest BCUT2D eigenvalue weighted by Gasteiger charge is -2.30. The third-order valence-electron chi connectivity index (χ3n) is 2.43. The second kappa shape index (κ2) is 3.34. The summed E-state index contributed by atoms with van der Waals surface area (Å²) in [6.07, 6.45) is 3.31. The van der Waals surface area contributed by atoms with Gasteiger partial charge in [0.25, 0.3) is 0 Å². The van der Waals surface area contributed by atoms with Crippen LogP contribution in [0.5, 0.6) is 0 Å². The molecule has 0 radical (unpaired) electrons. The summed E-state index contributed by atoms with van der Waals surface area (Å²) in [7, 11) is 0. The topological polar surface area (TPSA) is 66.5 Å². The Morgan fingerprint density at radius 3 is 2.64 bits per heavy atom. The molecule has 0 fully saturated rings. The number of hydrogen-bond acceptors (Lipinski definition) is 3. The summed E-state index contributed by atoms with van der Waals surface area (Å²) >= 11 is 0. The van der Waals surface area contributed by atoms with Crippen molar-refractivity contribution in [2.24, 2.45) is 17.6 Å². The standard InChI is InChI=1S/C8H15NO2/c1-5-6(8(10)11)3-2-4-7(5)9/h2,4-8,10-11H,3,9H2,1H3. The minimum atomic E-state index is -1.24. The van der Waals surface area contributed by atoms with Gasteiger partial charge in [-0.05, 0) is 12.3 Å². The normalized spacial score (nSPS) is 38.1. The first-order valence-electron chi connectivity index (χ1n) is 3.91. The average Bonchev–Trinajstić information content (AvgIpc) is 1.94. The van der Waals surface area contributed by atoms with Crippen LogP contribution in [0, 0.1) is 11.8 Å². The van der Waals surface area contributed by atoms with E-state index in [9.17, 15) is 0 Å². The third kappa shape index (κ3) is 1.80. The van der Waals surface area contributed by atoms with Crippen molar-refractivity contribution in [2.75, 3.05) is 0 Å². The molecular weight excluding hydrogens is 142 g/mol. The highest BCUT2D eigenvalue weighted by atomic mass is 16.5. The van der Waals surface area contributed by atoms with Gasteiger partial charge >= 0.3 is 0 Å². The van der Waals surface area contributed by atoms with E-state index >= 15 is 0 Å². The second-order valence-corrected chi connectivity index (χ2v) is 3.18. The third-order valence-corrected chi connectivity index (χ3v) is 2.43. The highest BCUT2D eigenvalue weighted by Crippen LogP contribution is 2.26. The number of allylic oxidation sites excluding steroid dienone is 1. The van der Waals surface area contributed by atoms with Crippen molar-refractivity contribution in [2.45, 2.75) is 25.7 Å². The van der Waals surface area contributed by atoms with Crippen molar-refractivity contribution in [3.63, 3.8) is 0 Å². The molecule has 0 aliphatic heterocycles. The lowest BCUT2D eigenvalue weighted by molar-refractivity contribution is -0.1000. The molecule has 0 heterocycles. The van der Waals surface area contributed by atoms with Crippen molar-refractivity contribution < 1.29 is 10.2 Å². The quantitative estimate of drug-likeness (QED) is 0.366. The van der Waals surface area contributed by atoms with Gasteiger partial charge in [0.2, 0.25) is 0 Å². The van der Waals surface area contributed by atoms with E-state index in [-0.39, 0.29) is 17.9 Å². The Bertz CT molecular complexity index is 156. The Kier molecular flexibility index (Phi) is 2.65. The molecule has 64 valence electrons. The van der Waals surface area contributed by atoms with Crippen molar-refractivity contribution in [1.82, 2.24) is 0 Å². The molecule has 3 atom stereocenters. The number of aliphatic hydroxyl groups is 2. The van der Waals surface area contributed by atoms with Crippen LogP contribution in [-0.2, 0) is 0 Å². The van der Waals surface area contributed by atoms with Gasteiger partial charge in [-0.3, -0.25) is 0 Å². The first-order chi connectivity index (χ1) is 5.13. The molecule has 0 amide bonds. The summed E-state index contributed by atoms with van der Waals surface area (Å²) in [5.41, 5.74) is 5.70. The molecular formula is C8H15NO2. The van der Waals surface area contributed by atoms with Gasteiger partial charge in [0.05, 0.1) is 0 Å². The van der Waals surface area contributed by atoms with Gasteiger partial charge in [-0.1, -0.05) is 19.1 Å². The van der Waals surface area contributed by atoms with Gasteiger partial charge in [-0.25, -0.2) is 0 Å². The van der Waals surface area contributed by atoms with E-state index in [4.69, 9.17) is 15.9 Å². The Morgan fingerprint density at radius 2 is 2.18 bits per heavy atom. The minimum absolute atomic E-state index is 0.0319. The summed E-state index contributed by atoms with van der Waals surface area (Å²) in [5, 5.41) is 17.9. The van der Waals surface area contributed by atoms with Gasteiger partial charge in [0.1, 0.15) is 0 Å². The largest absolute Gasteiger partial charge is 0.368 e. The predicted molar refractivity (Wildman–Crippen MR) is 42.6 cm³/mol. The van der Waals surface area contributed by atoms with Gasteiger partial charge in [-0.2, -0.15) is 0 Å². The highest BCUT2D eigenvalue weighted by molar-refractivity contribution is 5.02. The van der Waals surface area contributed by atoms with E-state index in [0.717, 1.165) is 0 Å². The Balaban J connectivity index is 2.62. The second-order valence-electron chi connectivity index (χ2n) is 3.18. The van der Waals surface area contributed by atoms with E-state index in [2.05, 4.69) is 0 Å². The maximum atomic E-state index is 8.93. The summed E-state index contributed by atoms with van der Waals surface area (Å²) in [5.74, 6) is 0.0509. The Morgan fingerprint density at radius 1 is 1.55 bits per heavy atom. The molecule has 3 nitrogen and oxygen atoms in total. The van der Waals surface area contributed by atoms with E-state index < -0.39 is 6.29 Å². The van der Waals surface area contributed by atoms with Crippen LogP contribution in [0.15, 0.2) is 12.2 Å². The lowest BCUT2D eigenvalue weighted by atomic mass is 9.81. The lowest BCUT2D eigenvalue weighted by Crippen LogP contribution is -2.39. The van der Waals surface area contributed by atoms with Crippen molar-refractivity contribution in [3.05, 3.63) is 12.2 Å². The maximum absolute atomic E-state index is 8.93. The fraction of sp³-hybridized carbons (Fsp3) is 0.750. The predicted octanol–water partition coefficient (Wildman–Crippen LogP) is -0.163. The molecule has 0 saturated heterocycles. The SMILES string of the molecule is CC1C(N)C=CCC1C(O)O. The number of hydrogen-bond donors (Lipinski definition) is 3.